The van der Waals surface area contributed by atoms with Crippen LogP contribution in [0, 0.1) is 0 Å². The van der Waals surface area contributed by atoms with E-state index < -0.39 is 0 Å². The molecule has 0 unspecified atom stereocenters. The summed E-state index contributed by atoms with van der Waals surface area (Å²) in [6, 6.07) is 15.1. The molecule has 104 valence electrons. The Kier molecular flexibility index (Phi) is 4.00. The molecule has 0 amide bonds. The minimum atomic E-state index is 0.801. The van der Waals surface area contributed by atoms with E-state index in [1.54, 1.807) is 0 Å². The zero-order chi connectivity index (χ0) is 13.8. The molecule has 0 saturated heterocycles. The molecule has 1 N–H and O–H groups in total. The molecular formula is C18H22N2. The highest BCUT2D eigenvalue weighted by Crippen LogP contribution is 2.36. The van der Waals surface area contributed by atoms with Crippen molar-refractivity contribution in [3.63, 3.8) is 0 Å². The van der Waals surface area contributed by atoms with Gasteiger partial charge in [-0.15, -0.1) is 0 Å². The van der Waals surface area contributed by atoms with Crippen LogP contribution < -0.4 is 5.32 Å². The van der Waals surface area contributed by atoms with Crippen LogP contribution in [0.1, 0.15) is 44.1 Å². The van der Waals surface area contributed by atoms with Crippen molar-refractivity contribution in [1.29, 1.82) is 0 Å². The molecule has 0 spiro atoms. The minimum absolute atomic E-state index is 0.801. The Morgan fingerprint density at radius 2 is 1.90 bits per heavy atom. The van der Waals surface area contributed by atoms with E-state index in [0.717, 1.165) is 30.4 Å². The molecule has 1 heterocycles. The van der Waals surface area contributed by atoms with Gasteiger partial charge in [-0.2, -0.15) is 0 Å². The standard InChI is InChI=1S/C18H22N2/c1-2-13-19-18-8-4-7-17(20-18)16-11-9-15(10-12-16)14-5-3-6-14/h4,7-12,14H,2-3,5-6,13H2,1H3,(H,19,20). The highest BCUT2D eigenvalue weighted by Gasteiger charge is 2.19. The van der Waals surface area contributed by atoms with E-state index in [-0.39, 0.29) is 0 Å². The Balaban J connectivity index is 1.77. The van der Waals surface area contributed by atoms with Crippen molar-refractivity contribution in [2.75, 3.05) is 11.9 Å². The first-order valence-corrected chi connectivity index (χ1v) is 7.68. The summed E-state index contributed by atoms with van der Waals surface area (Å²) in [5.41, 5.74) is 3.74. The third-order valence-corrected chi connectivity index (χ3v) is 4.09. The number of nitrogens with one attached hydrogen (secondary N) is 1. The third-order valence-electron chi connectivity index (χ3n) is 4.09. The molecular weight excluding hydrogens is 244 g/mol. The maximum absolute atomic E-state index is 4.68. The Bertz CT molecular complexity index is 556. The maximum Gasteiger partial charge on any atom is 0.126 e. The van der Waals surface area contributed by atoms with E-state index in [0.29, 0.717) is 0 Å². The van der Waals surface area contributed by atoms with Crippen LogP contribution in [-0.2, 0) is 0 Å². The number of hydrogen-bond donors (Lipinski definition) is 1. The Morgan fingerprint density at radius 1 is 1.10 bits per heavy atom. The fraction of sp³-hybridized carbons (Fsp3) is 0.389. The average molecular weight is 266 g/mol. The van der Waals surface area contributed by atoms with E-state index in [2.05, 4.69) is 53.6 Å². The lowest BCUT2D eigenvalue weighted by atomic mass is 9.80. The highest BCUT2D eigenvalue weighted by molar-refractivity contribution is 5.61. The number of aromatic nitrogens is 1. The molecule has 20 heavy (non-hydrogen) atoms. The monoisotopic (exact) mass is 266 g/mol. The lowest BCUT2D eigenvalue weighted by molar-refractivity contribution is 0.420. The normalized spacial score (nSPS) is 14.8. The van der Waals surface area contributed by atoms with Crippen molar-refractivity contribution in [1.82, 2.24) is 4.98 Å². The lowest BCUT2D eigenvalue weighted by Gasteiger charge is -2.25. The van der Waals surface area contributed by atoms with Gasteiger partial charge >= 0.3 is 0 Å². The highest BCUT2D eigenvalue weighted by atomic mass is 15.0. The van der Waals surface area contributed by atoms with E-state index in [4.69, 9.17) is 0 Å². The third kappa shape index (κ3) is 2.84. The van der Waals surface area contributed by atoms with E-state index in [1.807, 2.05) is 6.07 Å². The summed E-state index contributed by atoms with van der Waals surface area (Å²) in [7, 11) is 0. The quantitative estimate of drug-likeness (QED) is 0.837. The zero-order valence-corrected chi connectivity index (χ0v) is 12.1. The predicted molar refractivity (Wildman–Crippen MR) is 85.0 cm³/mol. The number of anilines is 1. The molecule has 2 aromatic rings. The second kappa shape index (κ2) is 6.08. The van der Waals surface area contributed by atoms with Gasteiger partial charge in [0.05, 0.1) is 5.69 Å². The molecule has 0 bridgehead atoms. The number of hydrogen-bond acceptors (Lipinski definition) is 2. The number of pyridine rings is 1. The van der Waals surface area contributed by atoms with Gasteiger partial charge in [-0.3, -0.25) is 0 Å². The van der Waals surface area contributed by atoms with Crippen molar-refractivity contribution >= 4 is 5.82 Å². The Morgan fingerprint density at radius 3 is 2.55 bits per heavy atom. The van der Waals surface area contributed by atoms with Crippen LogP contribution in [-0.4, -0.2) is 11.5 Å². The molecule has 1 aliphatic carbocycles. The predicted octanol–water partition coefficient (Wildman–Crippen LogP) is 4.84. The van der Waals surface area contributed by atoms with E-state index in [9.17, 15) is 0 Å². The minimum Gasteiger partial charge on any atom is -0.370 e. The van der Waals surface area contributed by atoms with Crippen LogP contribution in [0.25, 0.3) is 11.3 Å². The van der Waals surface area contributed by atoms with Gasteiger partial charge in [0.1, 0.15) is 5.82 Å². The van der Waals surface area contributed by atoms with Crippen molar-refractivity contribution in [3.8, 4) is 11.3 Å². The largest absolute Gasteiger partial charge is 0.370 e. The number of rotatable bonds is 5. The van der Waals surface area contributed by atoms with Gasteiger partial charge in [0.15, 0.2) is 0 Å². The summed E-state index contributed by atoms with van der Waals surface area (Å²) in [5, 5.41) is 3.34. The van der Waals surface area contributed by atoms with Crippen molar-refractivity contribution < 1.29 is 0 Å². The summed E-state index contributed by atoms with van der Waals surface area (Å²) in [6.07, 6.45) is 5.21. The lowest BCUT2D eigenvalue weighted by Crippen LogP contribution is -2.08. The first-order chi connectivity index (χ1) is 9.86. The molecule has 0 radical (unpaired) electrons. The van der Waals surface area contributed by atoms with Crippen LogP contribution in [0.3, 0.4) is 0 Å². The van der Waals surface area contributed by atoms with Crippen LogP contribution in [0.15, 0.2) is 42.5 Å². The zero-order valence-electron chi connectivity index (χ0n) is 12.1. The smallest absolute Gasteiger partial charge is 0.126 e. The number of nitrogens with zero attached hydrogens (tertiary/aromatic N) is 1. The first kappa shape index (κ1) is 13.2. The van der Waals surface area contributed by atoms with Gasteiger partial charge < -0.3 is 5.32 Å². The van der Waals surface area contributed by atoms with Gasteiger partial charge in [-0.1, -0.05) is 43.7 Å². The van der Waals surface area contributed by atoms with Gasteiger partial charge in [0.2, 0.25) is 0 Å². The van der Waals surface area contributed by atoms with Crippen molar-refractivity contribution in [2.45, 2.75) is 38.5 Å². The average Bonchev–Trinajstić information content (AvgIpc) is 2.44. The molecule has 3 rings (SSSR count). The molecule has 1 aliphatic rings. The van der Waals surface area contributed by atoms with Crippen LogP contribution in [0.5, 0.6) is 0 Å². The van der Waals surface area contributed by atoms with Crippen LogP contribution in [0.4, 0.5) is 5.82 Å². The summed E-state index contributed by atoms with van der Waals surface area (Å²) in [6.45, 7) is 3.13. The summed E-state index contributed by atoms with van der Waals surface area (Å²) < 4.78 is 0. The molecule has 1 fully saturated rings. The van der Waals surface area contributed by atoms with Gasteiger partial charge in [-0.25, -0.2) is 4.98 Å². The molecule has 0 atom stereocenters. The Hall–Kier alpha value is -1.83. The van der Waals surface area contributed by atoms with E-state index in [1.165, 1.54) is 30.4 Å². The Labute approximate surface area is 121 Å². The maximum atomic E-state index is 4.68. The summed E-state index contributed by atoms with van der Waals surface area (Å²) in [5.74, 6) is 1.77. The second-order valence-corrected chi connectivity index (χ2v) is 5.58. The molecule has 2 nitrogen and oxygen atoms in total. The summed E-state index contributed by atoms with van der Waals surface area (Å²) in [4.78, 5) is 4.68. The fourth-order valence-corrected chi connectivity index (χ4v) is 2.61. The summed E-state index contributed by atoms with van der Waals surface area (Å²) >= 11 is 0. The van der Waals surface area contributed by atoms with Crippen LogP contribution in [0.2, 0.25) is 0 Å². The van der Waals surface area contributed by atoms with Gasteiger partial charge in [-0.05, 0) is 42.9 Å². The number of benzene rings is 1. The van der Waals surface area contributed by atoms with Crippen LogP contribution >= 0.6 is 0 Å². The molecule has 2 heteroatoms. The first-order valence-electron chi connectivity index (χ1n) is 7.68. The molecule has 1 aromatic carbocycles. The fourth-order valence-electron chi connectivity index (χ4n) is 2.61. The second-order valence-electron chi connectivity index (χ2n) is 5.58. The molecule has 1 saturated carbocycles. The van der Waals surface area contributed by atoms with Gasteiger partial charge in [0, 0.05) is 12.1 Å². The topological polar surface area (TPSA) is 24.9 Å². The molecule has 1 aromatic heterocycles. The SMILES string of the molecule is CCCNc1cccc(-c2ccc(C3CCC3)cc2)n1. The van der Waals surface area contributed by atoms with Crippen molar-refractivity contribution in [2.24, 2.45) is 0 Å². The molecule has 0 aliphatic heterocycles. The van der Waals surface area contributed by atoms with Crippen molar-refractivity contribution in [3.05, 3.63) is 48.0 Å². The van der Waals surface area contributed by atoms with E-state index >= 15 is 0 Å². The van der Waals surface area contributed by atoms with Gasteiger partial charge in [0.25, 0.3) is 0 Å².